The Balaban J connectivity index is 2.03. The zero-order chi connectivity index (χ0) is 16.8. The third-order valence-corrected chi connectivity index (χ3v) is 4.17. The minimum Gasteiger partial charge on any atom is -0.483 e. The highest BCUT2D eigenvalue weighted by molar-refractivity contribution is 5.93. The Kier molecular flexibility index (Phi) is 5.80. The van der Waals surface area contributed by atoms with E-state index < -0.39 is 0 Å². The monoisotopic (exact) mass is 311 g/mol. The number of nitrogens with one attached hydrogen (secondary N) is 1. The average Bonchev–Trinajstić information content (AvgIpc) is 2.56. The van der Waals surface area contributed by atoms with E-state index in [0.717, 1.165) is 34.5 Å². The van der Waals surface area contributed by atoms with Crippen LogP contribution in [0.2, 0.25) is 0 Å². The lowest BCUT2D eigenvalue weighted by Crippen LogP contribution is -2.21. The van der Waals surface area contributed by atoms with E-state index in [0.29, 0.717) is 5.92 Å². The van der Waals surface area contributed by atoms with Gasteiger partial charge in [-0.3, -0.25) is 4.79 Å². The number of amides is 1. The van der Waals surface area contributed by atoms with Gasteiger partial charge in [-0.15, -0.1) is 0 Å². The van der Waals surface area contributed by atoms with Gasteiger partial charge in [0.25, 0.3) is 5.91 Å². The maximum atomic E-state index is 12.2. The molecule has 0 fully saturated rings. The second-order valence-electron chi connectivity index (χ2n) is 5.95. The summed E-state index contributed by atoms with van der Waals surface area (Å²) in [6.07, 6.45) is 1.04. The molecular weight excluding hydrogens is 286 g/mol. The Bertz CT molecular complexity index is 659. The van der Waals surface area contributed by atoms with E-state index in [9.17, 15) is 4.79 Å². The molecule has 0 unspecified atom stereocenters. The number of ether oxygens (including phenoxy) is 1. The number of aryl methyl sites for hydroxylation is 2. The molecule has 0 radical (unpaired) electrons. The van der Waals surface area contributed by atoms with E-state index in [-0.39, 0.29) is 12.5 Å². The molecule has 0 bridgehead atoms. The maximum absolute atomic E-state index is 12.2. The van der Waals surface area contributed by atoms with Gasteiger partial charge in [-0.1, -0.05) is 50.2 Å². The largest absolute Gasteiger partial charge is 0.483 e. The lowest BCUT2D eigenvalue weighted by Gasteiger charge is -2.16. The quantitative estimate of drug-likeness (QED) is 0.829. The van der Waals surface area contributed by atoms with Crippen LogP contribution in [0.25, 0.3) is 0 Å². The first-order chi connectivity index (χ1) is 11.0. The summed E-state index contributed by atoms with van der Waals surface area (Å²) in [6.45, 7) is 8.30. The van der Waals surface area contributed by atoms with Crippen molar-refractivity contribution in [1.82, 2.24) is 0 Å². The zero-order valence-corrected chi connectivity index (χ0v) is 14.3. The number of benzene rings is 2. The van der Waals surface area contributed by atoms with Crippen molar-refractivity contribution in [3.05, 3.63) is 59.2 Å². The predicted molar refractivity (Wildman–Crippen MR) is 95.2 cm³/mol. The van der Waals surface area contributed by atoms with E-state index in [4.69, 9.17) is 4.74 Å². The Hall–Kier alpha value is -2.29. The van der Waals surface area contributed by atoms with Crippen molar-refractivity contribution < 1.29 is 9.53 Å². The fourth-order valence-corrected chi connectivity index (χ4v) is 2.57. The third-order valence-electron chi connectivity index (χ3n) is 4.17. The highest BCUT2D eigenvalue weighted by Gasteiger charge is 2.12. The highest BCUT2D eigenvalue weighted by Crippen LogP contribution is 2.28. The highest BCUT2D eigenvalue weighted by atomic mass is 16.5. The summed E-state index contributed by atoms with van der Waals surface area (Å²) in [6, 6.07) is 13.9. The van der Waals surface area contributed by atoms with Gasteiger partial charge in [-0.25, -0.2) is 0 Å². The number of carbonyl (C=O) groups is 1. The van der Waals surface area contributed by atoms with Gasteiger partial charge < -0.3 is 10.1 Å². The van der Waals surface area contributed by atoms with Crippen LogP contribution in [-0.2, 0) is 4.79 Å². The Morgan fingerprint density at radius 1 is 1.09 bits per heavy atom. The Labute approximate surface area is 138 Å². The summed E-state index contributed by atoms with van der Waals surface area (Å²) in [5.74, 6) is 1.06. The molecule has 0 aliphatic carbocycles. The summed E-state index contributed by atoms with van der Waals surface area (Å²) in [5.41, 5.74) is 4.13. The zero-order valence-electron chi connectivity index (χ0n) is 14.3. The van der Waals surface area contributed by atoms with Crippen LogP contribution in [0.3, 0.4) is 0 Å². The molecule has 0 saturated carbocycles. The summed E-state index contributed by atoms with van der Waals surface area (Å²) in [4.78, 5) is 12.2. The van der Waals surface area contributed by atoms with Crippen molar-refractivity contribution in [3.8, 4) is 5.75 Å². The van der Waals surface area contributed by atoms with Crippen LogP contribution in [0.4, 0.5) is 5.69 Å². The predicted octanol–water partition coefficient (Wildman–Crippen LogP) is 4.83. The molecular formula is C20H25NO2. The van der Waals surface area contributed by atoms with Crippen LogP contribution >= 0.6 is 0 Å². The van der Waals surface area contributed by atoms with Crippen LogP contribution < -0.4 is 10.1 Å². The lowest BCUT2D eigenvalue weighted by molar-refractivity contribution is -0.118. The fourth-order valence-electron chi connectivity index (χ4n) is 2.57. The van der Waals surface area contributed by atoms with Crippen molar-refractivity contribution in [1.29, 1.82) is 0 Å². The molecule has 1 amide bonds. The molecule has 0 saturated heterocycles. The van der Waals surface area contributed by atoms with Crippen LogP contribution in [-0.4, -0.2) is 12.5 Å². The number of rotatable bonds is 6. The van der Waals surface area contributed by atoms with Gasteiger partial charge >= 0.3 is 0 Å². The summed E-state index contributed by atoms with van der Waals surface area (Å²) < 4.78 is 5.76. The van der Waals surface area contributed by atoms with Crippen LogP contribution in [0, 0.1) is 13.8 Å². The number of hydrogen-bond acceptors (Lipinski definition) is 2. The molecule has 2 rings (SSSR count). The minimum absolute atomic E-state index is 0.0151. The van der Waals surface area contributed by atoms with E-state index in [1.807, 2.05) is 50.2 Å². The van der Waals surface area contributed by atoms with Crippen LogP contribution in [0.1, 0.15) is 42.9 Å². The molecule has 3 nitrogen and oxygen atoms in total. The lowest BCUT2D eigenvalue weighted by atomic mass is 9.98. The number of hydrogen-bond donors (Lipinski definition) is 1. The van der Waals surface area contributed by atoms with E-state index >= 15 is 0 Å². The molecule has 0 heterocycles. The van der Waals surface area contributed by atoms with Gasteiger partial charge in [0, 0.05) is 5.69 Å². The van der Waals surface area contributed by atoms with Gasteiger partial charge in [0.05, 0.1) is 0 Å². The molecule has 0 aliphatic rings. The second kappa shape index (κ2) is 7.82. The normalized spacial score (nSPS) is 11.8. The van der Waals surface area contributed by atoms with E-state index in [1.54, 1.807) is 0 Å². The van der Waals surface area contributed by atoms with Gasteiger partial charge in [-0.2, -0.15) is 0 Å². The second-order valence-corrected chi connectivity index (χ2v) is 5.95. The van der Waals surface area contributed by atoms with Crippen molar-refractivity contribution in [2.75, 3.05) is 11.9 Å². The van der Waals surface area contributed by atoms with Gasteiger partial charge in [0.15, 0.2) is 6.61 Å². The Morgan fingerprint density at radius 3 is 2.39 bits per heavy atom. The van der Waals surface area contributed by atoms with E-state index in [2.05, 4.69) is 25.2 Å². The van der Waals surface area contributed by atoms with Crippen molar-refractivity contribution in [3.63, 3.8) is 0 Å². The molecule has 23 heavy (non-hydrogen) atoms. The van der Waals surface area contributed by atoms with Crippen molar-refractivity contribution in [2.24, 2.45) is 0 Å². The molecule has 2 aromatic rings. The summed E-state index contributed by atoms with van der Waals surface area (Å²) in [5, 5.41) is 2.95. The standard InChI is InChI=1S/C20H25NO2/c1-5-14(2)17-11-6-7-12-18(17)23-13-19(22)21-20-15(3)9-8-10-16(20)4/h6-12,14H,5,13H2,1-4H3,(H,21,22)/t14-/m0/s1. The Morgan fingerprint density at radius 2 is 1.74 bits per heavy atom. The van der Waals surface area contributed by atoms with Crippen LogP contribution in [0.5, 0.6) is 5.75 Å². The summed E-state index contributed by atoms with van der Waals surface area (Å²) in [7, 11) is 0. The molecule has 0 aliphatic heterocycles. The average molecular weight is 311 g/mol. The molecule has 3 heteroatoms. The van der Waals surface area contributed by atoms with E-state index in [1.165, 1.54) is 0 Å². The van der Waals surface area contributed by atoms with Gasteiger partial charge in [0.1, 0.15) is 5.75 Å². The van der Waals surface area contributed by atoms with Crippen LogP contribution in [0.15, 0.2) is 42.5 Å². The smallest absolute Gasteiger partial charge is 0.262 e. The van der Waals surface area contributed by atoms with Crippen molar-refractivity contribution >= 4 is 11.6 Å². The molecule has 122 valence electrons. The first-order valence-electron chi connectivity index (χ1n) is 8.10. The molecule has 0 aromatic heterocycles. The fraction of sp³-hybridized carbons (Fsp3) is 0.350. The molecule has 1 N–H and O–H groups in total. The molecule has 2 aromatic carbocycles. The molecule has 1 atom stereocenters. The third kappa shape index (κ3) is 4.35. The van der Waals surface area contributed by atoms with Gasteiger partial charge in [-0.05, 0) is 48.9 Å². The first-order valence-corrected chi connectivity index (χ1v) is 8.10. The first kappa shape index (κ1) is 17.1. The molecule has 0 spiro atoms. The topological polar surface area (TPSA) is 38.3 Å². The maximum Gasteiger partial charge on any atom is 0.262 e. The number of carbonyl (C=O) groups excluding carboxylic acids is 1. The van der Waals surface area contributed by atoms with Gasteiger partial charge in [0.2, 0.25) is 0 Å². The van der Waals surface area contributed by atoms with Crippen molar-refractivity contribution in [2.45, 2.75) is 40.0 Å². The SMILES string of the molecule is CC[C@H](C)c1ccccc1OCC(=O)Nc1c(C)cccc1C. The minimum atomic E-state index is -0.138. The number of anilines is 1. The summed E-state index contributed by atoms with van der Waals surface area (Å²) >= 11 is 0. The number of para-hydroxylation sites is 2.